The number of anilines is 1. The zero-order valence-electron chi connectivity index (χ0n) is 16.6. The summed E-state index contributed by atoms with van der Waals surface area (Å²) in [5.74, 6) is 1.10. The van der Waals surface area contributed by atoms with Gasteiger partial charge in [-0.15, -0.1) is 0 Å². The first kappa shape index (κ1) is 19.5. The summed E-state index contributed by atoms with van der Waals surface area (Å²) in [4.78, 5) is 16.9. The molecule has 1 heterocycles. The maximum atomic E-state index is 12.6. The summed E-state index contributed by atoms with van der Waals surface area (Å²) in [7, 11) is 0. The Morgan fingerprint density at radius 3 is 2.23 bits per heavy atom. The Morgan fingerprint density at radius 1 is 0.967 bits per heavy atom. The number of amides is 1. The zero-order valence-corrected chi connectivity index (χ0v) is 16.6. The van der Waals surface area contributed by atoms with Gasteiger partial charge in [-0.25, -0.2) is 4.98 Å². The molecule has 0 fully saturated rings. The number of hydrogen-bond donors (Lipinski definition) is 2. The van der Waals surface area contributed by atoms with Gasteiger partial charge in [0.05, 0.1) is 0 Å². The molecule has 0 spiro atoms. The van der Waals surface area contributed by atoms with Gasteiger partial charge in [0, 0.05) is 11.3 Å². The van der Waals surface area contributed by atoms with E-state index < -0.39 is 0 Å². The molecule has 30 heavy (non-hydrogen) atoms. The van der Waals surface area contributed by atoms with Crippen LogP contribution in [0, 0.1) is 6.92 Å². The highest BCUT2D eigenvalue weighted by atomic mass is 16.5. The van der Waals surface area contributed by atoms with Crippen LogP contribution in [-0.4, -0.2) is 27.7 Å². The highest BCUT2D eigenvalue weighted by Gasteiger charge is 2.16. The first-order valence-corrected chi connectivity index (χ1v) is 9.70. The molecule has 0 aliphatic rings. The molecule has 0 saturated heterocycles. The predicted molar refractivity (Wildman–Crippen MR) is 116 cm³/mol. The molecule has 4 rings (SSSR count). The molecule has 150 valence electrons. The molecule has 0 radical (unpaired) electrons. The van der Waals surface area contributed by atoms with Crippen molar-refractivity contribution in [3.05, 3.63) is 102 Å². The van der Waals surface area contributed by atoms with Crippen LogP contribution in [0.3, 0.4) is 0 Å². The van der Waals surface area contributed by atoms with Crippen LogP contribution in [0.15, 0.2) is 84.9 Å². The molecular weight excluding hydrogens is 376 g/mol. The van der Waals surface area contributed by atoms with Crippen molar-refractivity contribution in [2.75, 3.05) is 11.9 Å². The molecule has 0 aliphatic heterocycles. The van der Waals surface area contributed by atoms with Crippen LogP contribution in [0.25, 0.3) is 11.4 Å². The van der Waals surface area contributed by atoms with Crippen molar-refractivity contribution >= 4 is 11.6 Å². The standard InChI is InChI=1S/C24H22N4O2/c1-17-25-24(28-27-17)20-13-8-14-21(15-20)26-22(29)16-30-23(18-9-4-2-5-10-18)19-11-6-3-7-12-19/h2-15,23H,16H2,1H3,(H,26,29)(H,25,27,28). The number of benzene rings is 3. The van der Waals surface area contributed by atoms with Crippen molar-refractivity contribution in [2.24, 2.45) is 0 Å². The Morgan fingerprint density at radius 2 is 1.63 bits per heavy atom. The van der Waals surface area contributed by atoms with Crippen LogP contribution in [0.1, 0.15) is 23.1 Å². The highest BCUT2D eigenvalue weighted by molar-refractivity contribution is 5.92. The van der Waals surface area contributed by atoms with Crippen LogP contribution in [0.2, 0.25) is 0 Å². The average molecular weight is 398 g/mol. The lowest BCUT2D eigenvalue weighted by Gasteiger charge is -2.19. The lowest BCUT2D eigenvalue weighted by Crippen LogP contribution is -2.20. The normalized spacial score (nSPS) is 10.9. The Balaban J connectivity index is 1.44. The van der Waals surface area contributed by atoms with E-state index in [0.717, 1.165) is 22.5 Å². The van der Waals surface area contributed by atoms with E-state index in [0.29, 0.717) is 11.5 Å². The van der Waals surface area contributed by atoms with Crippen molar-refractivity contribution in [3.63, 3.8) is 0 Å². The topological polar surface area (TPSA) is 79.9 Å². The molecule has 0 atom stereocenters. The summed E-state index contributed by atoms with van der Waals surface area (Å²) in [5.41, 5.74) is 3.49. The minimum absolute atomic E-state index is 0.0710. The maximum absolute atomic E-state index is 12.6. The number of carbonyl (C=O) groups is 1. The Kier molecular flexibility index (Phi) is 5.96. The largest absolute Gasteiger partial charge is 0.359 e. The lowest BCUT2D eigenvalue weighted by molar-refractivity contribution is -0.121. The number of nitrogens with one attached hydrogen (secondary N) is 2. The Hall–Kier alpha value is -3.77. The Bertz CT molecular complexity index is 1070. The molecule has 4 aromatic rings. The van der Waals surface area contributed by atoms with Gasteiger partial charge < -0.3 is 10.1 Å². The first-order chi connectivity index (χ1) is 14.7. The SMILES string of the molecule is Cc1nc(-c2cccc(NC(=O)COC(c3ccccc3)c3ccccc3)c2)n[nH]1. The average Bonchev–Trinajstić information content (AvgIpc) is 3.22. The number of aromatic nitrogens is 3. The minimum atomic E-state index is -0.319. The fourth-order valence-electron chi connectivity index (χ4n) is 3.20. The predicted octanol–water partition coefficient (Wildman–Crippen LogP) is 4.52. The fourth-order valence-corrected chi connectivity index (χ4v) is 3.20. The van der Waals surface area contributed by atoms with Crippen molar-refractivity contribution in [3.8, 4) is 11.4 Å². The van der Waals surface area contributed by atoms with E-state index in [-0.39, 0.29) is 18.6 Å². The van der Waals surface area contributed by atoms with E-state index in [1.54, 1.807) is 0 Å². The van der Waals surface area contributed by atoms with E-state index in [4.69, 9.17) is 4.74 Å². The number of carbonyl (C=O) groups excluding carboxylic acids is 1. The highest BCUT2D eigenvalue weighted by Crippen LogP contribution is 2.26. The van der Waals surface area contributed by atoms with Crippen molar-refractivity contribution in [2.45, 2.75) is 13.0 Å². The van der Waals surface area contributed by atoms with E-state index in [1.165, 1.54) is 0 Å². The third-order valence-corrected chi connectivity index (χ3v) is 4.59. The molecule has 3 aromatic carbocycles. The van der Waals surface area contributed by atoms with Crippen molar-refractivity contribution < 1.29 is 9.53 Å². The second-order valence-electron chi connectivity index (χ2n) is 6.89. The van der Waals surface area contributed by atoms with Gasteiger partial charge in [-0.1, -0.05) is 72.8 Å². The van der Waals surface area contributed by atoms with E-state index in [9.17, 15) is 4.79 Å². The Labute approximate surface area is 175 Å². The van der Waals surface area contributed by atoms with E-state index >= 15 is 0 Å². The van der Waals surface area contributed by atoms with E-state index in [1.807, 2.05) is 91.9 Å². The molecule has 6 nitrogen and oxygen atoms in total. The summed E-state index contributed by atoms with van der Waals surface area (Å²) in [6, 6.07) is 27.2. The smallest absolute Gasteiger partial charge is 0.250 e. The zero-order chi connectivity index (χ0) is 20.8. The van der Waals surface area contributed by atoms with Gasteiger partial charge in [0.15, 0.2) is 5.82 Å². The molecule has 1 aromatic heterocycles. The van der Waals surface area contributed by atoms with Gasteiger partial charge in [0.1, 0.15) is 18.5 Å². The third-order valence-electron chi connectivity index (χ3n) is 4.59. The molecule has 0 saturated carbocycles. The summed E-state index contributed by atoms with van der Waals surface area (Å²) in [6.07, 6.45) is -0.319. The third kappa shape index (κ3) is 4.79. The first-order valence-electron chi connectivity index (χ1n) is 9.70. The molecule has 2 N–H and O–H groups in total. The number of aromatic amines is 1. The van der Waals surface area contributed by atoms with Crippen LogP contribution < -0.4 is 5.32 Å². The number of aryl methyl sites for hydroxylation is 1. The summed E-state index contributed by atoms with van der Waals surface area (Å²) >= 11 is 0. The van der Waals surface area contributed by atoms with Gasteiger partial charge in [-0.05, 0) is 30.2 Å². The number of H-pyrrole nitrogens is 1. The van der Waals surface area contributed by atoms with Gasteiger partial charge >= 0.3 is 0 Å². The summed E-state index contributed by atoms with van der Waals surface area (Å²) in [6.45, 7) is 1.77. The van der Waals surface area contributed by atoms with Gasteiger partial charge in [-0.3, -0.25) is 9.89 Å². The monoisotopic (exact) mass is 398 g/mol. The summed E-state index contributed by atoms with van der Waals surface area (Å²) < 4.78 is 6.02. The lowest BCUT2D eigenvalue weighted by atomic mass is 10.0. The molecule has 6 heteroatoms. The molecule has 1 amide bonds. The van der Waals surface area contributed by atoms with Crippen LogP contribution >= 0.6 is 0 Å². The quantitative estimate of drug-likeness (QED) is 0.479. The van der Waals surface area contributed by atoms with Crippen molar-refractivity contribution in [1.29, 1.82) is 0 Å². The van der Waals surface area contributed by atoms with Crippen LogP contribution in [-0.2, 0) is 9.53 Å². The number of ether oxygens (including phenoxy) is 1. The van der Waals surface area contributed by atoms with Gasteiger partial charge in [-0.2, -0.15) is 5.10 Å². The molecule has 0 aliphatic carbocycles. The second kappa shape index (κ2) is 9.15. The number of rotatable bonds is 7. The number of hydrogen-bond acceptors (Lipinski definition) is 4. The molecule has 0 bridgehead atoms. The van der Waals surface area contributed by atoms with Crippen molar-refractivity contribution in [1.82, 2.24) is 15.2 Å². The molecular formula is C24H22N4O2. The minimum Gasteiger partial charge on any atom is -0.359 e. The van der Waals surface area contributed by atoms with Crippen LogP contribution in [0.4, 0.5) is 5.69 Å². The fraction of sp³-hybridized carbons (Fsp3) is 0.125. The van der Waals surface area contributed by atoms with Gasteiger partial charge in [0.25, 0.3) is 0 Å². The second-order valence-corrected chi connectivity index (χ2v) is 6.89. The van der Waals surface area contributed by atoms with E-state index in [2.05, 4.69) is 20.5 Å². The molecule has 0 unspecified atom stereocenters. The van der Waals surface area contributed by atoms with Gasteiger partial charge in [0.2, 0.25) is 5.91 Å². The number of nitrogens with zero attached hydrogens (tertiary/aromatic N) is 2. The summed E-state index contributed by atoms with van der Waals surface area (Å²) in [5, 5.41) is 9.87. The van der Waals surface area contributed by atoms with Crippen LogP contribution in [0.5, 0.6) is 0 Å². The maximum Gasteiger partial charge on any atom is 0.250 e.